The Morgan fingerprint density at radius 1 is 1.00 bits per heavy atom. The molecule has 2 aromatic rings. The van der Waals surface area contributed by atoms with Crippen molar-refractivity contribution >= 4 is 17.5 Å². The lowest BCUT2D eigenvalue weighted by molar-refractivity contribution is -0.123. The van der Waals surface area contributed by atoms with Gasteiger partial charge in [-0.1, -0.05) is 45.0 Å². The molecule has 0 saturated carbocycles. The third kappa shape index (κ3) is 7.14. The number of carbonyl (C=O) groups is 2. The van der Waals surface area contributed by atoms with E-state index in [9.17, 15) is 22.8 Å². The number of amides is 2. The van der Waals surface area contributed by atoms with E-state index in [1.165, 1.54) is 24.3 Å². The van der Waals surface area contributed by atoms with Gasteiger partial charge in [0.15, 0.2) is 6.61 Å². The van der Waals surface area contributed by atoms with Crippen molar-refractivity contribution in [1.82, 2.24) is 5.32 Å². The number of carbonyl (C=O) groups excluding carboxylic acids is 2. The number of anilines is 1. The average Bonchev–Trinajstić information content (AvgIpc) is 2.63. The molecule has 0 radical (unpaired) electrons. The van der Waals surface area contributed by atoms with E-state index in [2.05, 4.69) is 5.32 Å². The van der Waals surface area contributed by atoms with Gasteiger partial charge in [-0.05, 0) is 35.2 Å². The number of alkyl halides is 3. The van der Waals surface area contributed by atoms with Crippen LogP contribution >= 0.6 is 0 Å². The molecule has 0 bridgehead atoms. The summed E-state index contributed by atoms with van der Waals surface area (Å²) in [6.45, 7) is 4.42. The maximum Gasteiger partial charge on any atom is 0.405 e. The average molecular weight is 408 g/mol. The molecule has 2 N–H and O–H groups in total. The van der Waals surface area contributed by atoms with Gasteiger partial charge in [0, 0.05) is 11.3 Å². The van der Waals surface area contributed by atoms with Crippen LogP contribution in [0.15, 0.2) is 48.5 Å². The SMILES string of the molecule is CC(C)(C)c1ccccc1OCC(=O)Nc1cccc(C(=O)NCC(F)(F)F)c1. The highest BCUT2D eigenvalue weighted by Gasteiger charge is 2.28. The first kappa shape index (κ1) is 22.3. The van der Waals surface area contributed by atoms with E-state index in [-0.39, 0.29) is 23.3 Å². The third-order valence-corrected chi connectivity index (χ3v) is 3.91. The van der Waals surface area contributed by atoms with Crippen LogP contribution in [0.1, 0.15) is 36.7 Å². The van der Waals surface area contributed by atoms with Crippen molar-refractivity contribution in [3.63, 3.8) is 0 Å². The quantitative estimate of drug-likeness (QED) is 0.749. The summed E-state index contributed by atoms with van der Waals surface area (Å²) in [5.41, 5.74) is 1.08. The fourth-order valence-electron chi connectivity index (χ4n) is 2.57. The molecule has 0 aliphatic heterocycles. The molecular formula is C21H23F3N2O3. The van der Waals surface area contributed by atoms with Gasteiger partial charge in [-0.3, -0.25) is 9.59 Å². The van der Waals surface area contributed by atoms with Crippen LogP contribution in [-0.2, 0) is 10.2 Å². The Bertz CT molecular complexity index is 874. The number of ether oxygens (including phenoxy) is 1. The summed E-state index contributed by atoms with van der Waals surface area (Å²) in [5.74, 6) is -0.745. The zero-order valence-corrected chi connectivity index (χ0v) is 16.4. The van der Waals surface area contributed by atoms with E-state index in [0.717, 1.165) is 5.56 Å². The van der Waals surface area contributed by atoms with Crippen LogP contribution in [0, 0.1) is 0 Å². The van der Waals surface area contributed by atoms with Crippen LogP contribution in [0.2, 0.25) is 0 Å². The van der Waals surface area contributed by atoms with Gasteiger partial charge in [-0.25, -0.2) is 0 Å². The second-order valence-electron chi connectivity index (χ2n) is 7.46. The summed E-state index contributed by atoms with van der Waals surface area (Å²) in [4.78, 5) is 24.0. The van der Waals surface area contributed by atoms with Crippen molar-refractivity contribution in [3.8, 4) is 5.75 Å². The highest BCUT2D eigenvalue weighted by Crippen LogP contribution is 2.30. The monoisotopic (exact) mass is 408 g/mol. The van der Waals surface area contributed by atoms with Crippen molar-refractivity contribution in [2.45, 2.75) is 32.4 Å². The highest BCUT2D eigenvalue weighted by atomic mass is 19.4. The zero-order valence-electron chi connectivity index (χ0n) is 16.4. The molecule has 0 atom stereocenters. The first-order valence-corrected chi connectivity index (χ1v) is 8.93. The van der Waals surface area contributed by atoms with Crippen molar-refractivity contribution in [2.75, 3.05) is 18.5 Å². The smallest absolute Gasteiger partial charge is 0.405 e. The number of hydrogen-bond acceptors (Lipinski definition) is 3. The Balaban J connectivity index is 1.98. The minimum atomic E-state index is -4.50. The molecule has 0 heterocycles. The van der Waals surface area contributed by atoms with E-state index in [4.69, 9.17) is 4.74 Å². The molecule has 0 aliphatic rings. The second-order valence-corrected chi connectivity index (χ2v) is 7.46. The third-order valence-electron chi connectivity index (χ3n) is 3.91. The Hall–Kier alpha value is -3.03. The van der Waals surface area contributed by atoms with Crippen molar-refractivity contribution in [1.29, 1.82) is 0 Å². The van der Waals surface area contributed by atoms with E-state index in [0.29, 0.717) is 5.75 Å². The summed E-state index contributed by atoms with van der Waals surface area (Å²) < 4.78 is 42.3. The first-order chi connectivity index (χ1) is 13.5. The Morgan fingerprint density at radius 2 is 1.69 bits per heavy atom. The first-order valence-electron chi connectivity index (χ1n) is 8.93. The van der Waals surface area contributed by atoms with E-state index >= 15 is 0 Å². The largest absolute Gasteiger partial charge is 0.483 e. The van der Waals surface area contributed by atoms with E-state index < -0.39 is 24.5 Å². The number of halogens is 3. The molecular weight excluding hydrogens is 385 g/mol. The van der Waals surface area contributed by atoms with Crippen LogP contribution in [0.3, 0.4) is 0 Å². The molecule has 0 fully saturated rings. The number of nitrogens with one attached hydrogen (secondary N) is 2. The number of rotatable bonds is 6. The molecule has 0 saturated heterocycles. The number of hydrogen-bond donors (Lipinski definition) is 2. The topological polar surface area (TPSA) is 67.4 Å². The van der Waals surface area contributed by atoms with Crippen LogP contribution in [0.4, 0.5) is 18.9 Å². The summed E-state index contributed by atoms with van der Waals surface area (Å²) in [6, 6.07) is 13.1. The molecule has 8 heteroatoms. The van der Waals surface area contributed by atoms with Gasteiger partial charge in [0.1, 0.15) is 12.3 Å². The van der Waals surface area contributed by atoms with Crippen LogP contribution < -0.4 is 15.4 Å². The molecule has 0 spiro atoms. The molecule has 29 heavy (non-hydrogen) atoms. The highest BCUT2D eigenvalue weighted by molar-refractivity contribution is 5.97. The van der Waals surface area contributed by atoms with E-state index in [1.54, 1.807) is 11.4 Å². The lowest BCUT2D eigenvalue weighted by Crippen LogP contribution is -2.33. The molecule has 0 aliphatic carbocycles. The lowest BCUT2D eigenvalue weighted by Gasteiger charge is -2.22. The Kier molecular flexibility index (Phi) is 6.89. The summed E-state index contributed by atoms with van der Waals surface area (Å²) in [5, 5.41) is 4.36. The van der Waals surface area contributed by atoms with Crippen LogP contribution in [0.25, 0.3) is 0 Å². The van der Waals surface area contributed by atoms with Gasteiger partial charge < -0.3 is 15.4 Å². The Labute approximate surface area is 167 Å². The molecule has 2 aromatic carbocycles. The maximum atomic E-state index is 12.2. The minimum absolute atomic E-state index is 0.00560. The maximum absolute atomic E-state index is 12.2. The van der Waals surface area contributed by atoms with Gasteiger partial charge in [0.25, 0.3) is 11.8 Å². The predicted molar refractivity (Wildman–Crippen MR) is 104 cm³/mol. The van der Waals surface area contributed by atoms with E-state index in [1.807, 2.05) is 39.0 Å². The molecule has 5 nitrogen and oxygen atoms in total. The standard InChI is InChI=1S/C21H23F3N2O3/c1-20(2,3)16-9-4-5-10-17(16)29-12-18(27)26-15-8-6-7-14(11-15)19(28)25-13-21(22,23)24/h4-11H,12-13H2,1-3H3,(H,25,28)(H,26,27). The molecule has 2 rings (SSSR count). The van der Waals surface area contributed by atoms with Gasteiger partial charge in [0.05, 0.1) is 0 Å². The summed E-state index contributed by atoms with van der Waals surface area (Å²) in [6.07, 6.45) is -4.50. The van der Waals surface area contributed by atoms with Gasteiger partial charge in [-0.2, -0.15) is 13.2 Å². The minimum Gasteiger partial charge on any atom is -0.483 e. The van der Waals surface area contributed by atoms with Crippen molar-refractivity contribution in [2.24, 2.45) is 0 Å². The summed E-state index contributed by atoms with van der Waals surface area (Å²) >= 11 is 0. The fourth-order valence-corrected chi connectivity index (χ4v) is 2.57. The fraction of sp³-hybridized carbons (Fsp3) is 0.333. The normalized spacial score (nSPS) is 11.7. The molecule has 0 aromatic heterocycles. The van der Waals surface area contributed by atoms with Crippen molar-refractivity contribution < 1.29 is 27.5 Å². The van der Waals surface area contributed by atoms with Gasteiger partial charge >= 0.3 is 6.18 Å². The lowest BCUT2D eigenvalue weighted by atomic mass is 9.86. The predicted octanol–water partition coefficient (Wildman–Crippen LogP) is 4.29. The van der Waals surface area contributed by atoms with Gasteiger partial charge in [-0.15, -0.1) is 0 Å². The zero-order chi connectivity index (χ0) is 21.7. The molecule has 2 amide bonds. The number of benzene rings is 2. The number of para-hydroxylation sites is 1. The molecule has 156 valence electrons. The van der Waals surface area contributed by atoms with Crippen LogP contribution in [0.5, 0.6) is 5.75 Å². The van der Waals surface area contributed by atoms with Crippen molar-refractivity contribution in [3.05, 3.63) is 59.7 Å². The second kappa shape index (κ2) is 8.98. The van der Waals surface area contributed by atoms with Gasteiger partial charge in [0.2, 0.25) is 0 Å². The molecule has 0 unspecified atom stereocenters. The summed E-state index contributed by atoms with van der Waals surface area (Å²) in [7, 11) is 0. The Morgan fingerprint density at radius 3 is 2.34 bits per heavy atom. The van der Waals surface area contributed by atoms with Crippen LogP contribution in [-0.4, -0.2) is 31.1 Å².